The number of anilines is 1. The second-order valence-corrected chi connectivity index (χ2v) is 8.03. The van der Waals surface area contributed by atoms with Gasteiger partial charge in [-0.05, 0) is 37.1 Å². The predicted molar refractivity (Wildman–Crippen MR) is 114 cm³/mol. The van der Waals surface area contributed by atoms with E-state index in [1.165, 1.54) is 25.3 Å². The van der Waals surface area contributed by atoms with Crippen LogP contribution in [-0.2, 0) is 17.5 Å². The van der Waals surface area contributed by atoms with Crippen molar-refractivity contribution in [1.29, 1.82) is 0 Å². The number of carbonyl (C=O) groups excluding carboxylic acids is 2. The van der Waals surface area contributed by atoms with Crippen molar-refractivity contribution in [2.24, 2.45) is 0 Å². The van der Waals surface area contributed by atoms with Crippen molar-refractivity contribution in [2.45, 2.75) is 32.7 Å². The van der Waals surface area contributed by atoms with E-state index in [-0.39, 0.29) is 22.7 Å². The van der Waals surface area contributed by atoms with E-state index in [1.54, 1.807) is 6.92 Å². The molecular formula is C22H20F3N3O3S. The lowest BCUT2D eigenvalue weighted by Crippen LogP contribution is -2.27. The maximum absolute atomic E-state index is 13.1. The number of halogens is 3. The van der Waals surface area contributed by atoms with Gasteiger partial charge < -0.3 is 15.4 Å². The molecule has 0 unspecified atom stereocenters. The van der Waals surface area contributed by atoms with Crippen molar-refractivity contribution in [2.75, 3.05) is 5.32 Å². The Morgan fingerprint density at radius 2 is 1.88 bits per heavy atom. The number of rotatable bonds is 6. The minimum absolute atomic E-state index is 0.0264. The summed E-state index contributed by atoms with van der Waals surface area (Å²) < 4.78 is 44.4. The van der Waals surface area contributed by atoms with Crippen molar-refractivity contribution >= 4 is 29.0 Å². The zero-order valence-corrected chi connectivity index (χ0v) is 18.0. The predicted octanol–water partition coefficient (Wildman–Crippen LogP) is 5.71. The summed E-state index contributed by atoms with van der Waals surface area (Å²) in [6.45, 7) is 3.14. The average molecular weight is 463 g/mol. The van der Waals surface area contributed by atoms with Gasteiger partial charge in [-0.25, -0.2) is 9.78 Å². The largest absolute Gasteiger partial charge is 0.445 e. The minimum Gasteiger partial charge on any atom is -0.445 e. The first kappa shape index (κ1) is 23.3. The van der Waals surface area contributed by atoms with Gasteiger partial charge in [-0.2, -0.15) is 13.2 Å². The van der Waals surface area contributed by atoms with Gasteiger partial charge in [-0.1, -0.05) is 36.4 Å². The molecule has 168 valence electrons. The number of amides is 2. The Labute approximate surface area is 186 Å². The van der Waals surface area contributed by atoms with Crippen LogP contribution in [0.2, 0.25) is 0 Å². The van der Waals surface area contributed by atoms with Crippen LogP contribution in [0.1, 0.15) is 44.3 Å². The quantitative estimate of drug-likeness (QED) is 0.491. The van der Waals surface area contributed by atoms with Crippen LogP contribution in [0.5, 0.6) is 0 Å². The van der Waals surface area contributed by atoms with E-state index in [1.807, 2.05) is 30.3 Å². The van der Waals surface area contributed by atoms with E-state index >= 15 is 0 Å². The van der Waals surface area contributed by atoms with Crippen molar-refractivity contribution in [1.82, 2.24) is 10.3 Å². The fourth-order valence-electron chi connectivity index (χ4n) is 2.79. The molecule has 2 aromatic carbocycles. The fraction of sp³-hybridized carbons (Fsp3) is 0.227. The number of hydrogen-bond donors (Lipinski definition) is 2. The van der Waals surface area contributed by atoms with Gasteiger partial charge in [-0.15, -0.1) is 11.3 Å². The first-order chi connectivity index (χ1) is 15.1. The molecule has 3 rings (SSSR count). The SMILES string of the molecule is Cc1ccc(NC(=O)c2cnc([C@H](C)NC(=O)OCc3ccccc3)s2)cc1C(F)(F)F. The highest BCUT2D eigenvalue weighted by Gasteiger charge is 2.32. The average Bonchev–Trinajstić information content (AvgIpc) is 3.24. The summed E-state index contributed by atoms with van der Waals surface area (Å²) in [7, 11) is 0. The van der Waals surface area contributed by atoms with Gasteiger partial charge in [0.15, 0.2) is 0 Å². The molecular weight excluding hydrogens is 443 g/mol. The Hall–Kier alpha value is -3.40. The molecule has 6 nitrogen and oxygen atoms in total. The Morgan fingerprint density at radius 3 is 2.56 bits per heavy atom. The molecule has 32 heavy (non-hydrogen) atoms. The summed E-state index contributed by atoms with van der Waals surface area (Å²) in [6.07, 6.45) is -3.85. The topological polar surface area (TPSA) is 80.3 Å². The number of hydrogen-bond acceptors (Lipinski definition) is 5. The maximum atomic E-state index is 13.1. The number of aromatic nitrogens is 1. The van der Waals surface area contributed by atoms with Gasteiger partial charge >= 0.3 is 12.3 Å². The molecule has 0 saturated heterocycles. The lowest BCUT2D eigenvalue weighted by Gasteiger charge is -2.12. The summed E-state index contributed by atoms with van der Waals surface area (Å²) in [5, 5.41) is 5.53. The second-order valence-electron chi connectivity index (χ2n) is 6.97. The highest BCUT2D eigenvalue weighted by Crippen LogP contribution is 2.33. The zero-order valence-electron chi connectivity index (χ0n) is 17.2. The van der Waals surface area contributed by atoms with Gasteiger partial charge in [0.05, 0.1) is 17.8 Å². The summed E-state index contributed by atoms with van der Waals surface area (Å²) in [5.41, 5.74) is 0.119. The van der Waals surface area contributed by atoms with E-state index in [2.05, 4.69) is 15.6 Å². The number of ether oxygens (including phenoxy) is 1. The number of thiazole rings is 1. The van der Waals surface area contributed by atoms with Crippen LogP contribution < -0.4 is 10.6 Å². The number of alkyl carbamates (subject to hydrolysis) is 1. The molecule has 0 aliphatic rings. The molecule has 0 fully saturated rings. The van der Waals surface area contributed by atoms with Crippen LogP contribution >= 0.6 is 11.3 Å². The Kier molecular flexibility index (Phi) is 7.14. The zero-order chi connectivity index (χ0) is 23.3. The fourth-order valence-corrected chi connectivity index (χ4v) is 3.61. The van der Waals surface area contributed by atoms with Crippen molar-refractivity contribution in [3.8, 4) is 0 Å². The Balaban J connectivity index is 1.58. The maximum Gasteiger partial charge on any atom is 0.416 e. The third-order valence-corrected chi connectivity index (χ3v) is 5.64. The molecule has 0 spiro atoms. The van der Waals surface area contributed by atoms with Crippen LogP contribution in [0.4, 0.5) is 23.7 Å². The molecule has 3 aromatic rings. The molecule has 1 heterocycles. The summed E-state index contributed by atoms with van der Waals surface area (Å²) in [5.74, 6) is -0.593. The van der Waals surface area contributed by atoms with Crippen LogP contribution in [0.25, 0.3) is 0 Å². The van der Waals surface area contributed by atoms with Gasteiger partial charge in [0.1, 0.15) is 16.5 Å². The molecule has 10 heteroatoms. The molecule has 1 atom stereocenters. The third-order valence-electron chi connectivity index (χ3n) is 4.47. The number of alkyl halides is 3. The van der Waals surface area contributed by atoms with Crippen LogP contribution in [-0.4, -0.2) is 17.0 Å². The first-order valence-corrected chi connectivity index (χ1v) is 10.4. The lowest BCUT2D eigenvalue weighted by molar-refractivity contribution is -0.138. The molecule has 2 amide bonds. The highest BCUT2D eigenvalue weighted by molar-refractivity contribution is 7.13. The molecule has 1 aromatic heterocycles. The highest BCUT2D eigenvalue weighted by atomic mass is 32.1. The van der Waals surface area contributed by atoms with E-state index in [4.69, 9.17) is 4.74 Å². The van der Waals surface area contributed by atoms with Gasteiger partial charge in [-0.3, -0.25) is 4.79 Å². The van der Waals surface area contributed by atoms with Crippen LogP contribution in [0, 0.1) is 6.92 Å². The number of nitrogens with one attached hydrogen (secondary N) is 2. The first-order valence-electron chi connectivity index (χ1n) is 9.55. The monoisotopic (exact) mass is 463 g/mol. The van der Waals surface area contributed by atoms with Gasteiger partial charge in [0.2, 0.25) is 0 Å². The molecule has 0 bridgehead atoms. The summed E-state index contributed by atoms with van der Waals surface area (Å²) >= 11 is 1.02. The molecule has 2 N–H and O–H groups in total. The second kappa shape index (κ2) is 9.82. The minimum atomic E-state index is -4.52. The molecule has 0 aliphatic heterocycles. The third kappa shape index (κ3) is 6.07. The molecule has 0 saturated carbocycles. The Morgan fingerprint density at radius 1 is 1.16 bits per heavy atom. The summed E-state index contributed by atoms with van der Waals surface area (Å²) in [4.78, 5) is 28.8. The molecule has 0 aliphatic carbocycles. The van der Waals surface area contributed by atoms with Crippen LogP contribution in [0.3, 0.4) is 0 Å². The van der Waals surface area contributed by atoms with Gasteiger partial charge in [0.25, 0.3) is 5.91 Å². The van der Waals surface area contributed by atoms with E-state index < -0.39 is 29.8 Å². The van der Waals surface area contributed by atoms with Crippen molar-refractivity contribution in [3.05, 3.63) is 81.3 Å². The van der Waals surface area contributed by atoms with Crippen molar-refractivity contribution < 1.29 is 27.5 Å². The molecule has 0 radical (unpaired) electrons. The van der Waals surface area contributed by atoms with E-state index in [9.17, 15) is 22.8 Å². The lowest BCUT2D eigenvalue weighted by atomic mass is 10.1. The smallest absolute Gasteiger partial charge is 0.416 e. The summed E-state index contributed by atoms with van der Waals surface area (Å²) in [6, 6.07) is 12.2. The standard InChI is InChI=1S/C22H20F3N3O3S/c1-13-8-9-16(10-17(13)22(23,24)25)28-19(29)18-11-26-20(32-18)14(2)27-21(30)31-12-15-6-4-3-5-7-15/h3-11,14H,12H2,1-2H3,(H,27,30)(H,28,29)/t14-/m0/s1. The number of benzene rings is 2. The van der Waals surface area contributed by atoms with E-state index in [0.717, 1.165) is 23.0 Å². The van der Waals surface area contributed by atoms with Crippen LogP contribution in [0.15, 0.2) is 54.7 Å². The number of aryl methyl sites for hydroxylation is 1. The number of carbonyl (C=O) groups is 2. The number of nitrogens with zero attached hydrogens (tertiary/aromatic N) is 1. The normalized spacial score (nSPS) is 12.2. The van der Waals surface area contributed by atoms with E-state index in [0.29, 0.717) is 5.01 Å². The Bertz CT molecular complexity index is 1100. The van der Waals surface area contributed by atoms with Gasteiger partial charge in [0, 0.05) is 5.69 Å². The van der Waals surface area contributed by atoms with Crippen molar-refractivity contribution in [3.63, 3.8) is 0 Å².